The fourth-order valence-corrected chi connectivity index (χ4v) is 4.79. The molecule has 1 aliphatic heterocycles. The van der Waals surface area contributed by atoms with Crippen molar-refractivity contribution < 1.29 is 18.5 Å². The van der Waals surface area contributed by atoms with Crippen molar-refractivity contribution >= 4 is 22.6 Å². The Morgan fingerprint density at radius 1 is 1.09 bits per heavy atom. The van der Waals surface area contributed by atoms with E-state index in [-0.39, 0.29) is 4.90 Å². The van der Waals surface area contributed by atoms with Crippen molar-refractivity contribution in [3.8, 4) is 0 Å². The average molecular weight is 326 g/mol. The Kier molecular flexibility index (Phi) is 5.29. The molecule has 2 N–H and O–H groups in total. The van der Waals surface area contributed by atoms with Crippen LogP contribution >= 0.6 is 0 Å². The third-order valence-electron chi connectivity index (χ3n) is 4.16. The molecule has 1 aromatic rings. The zero-order valence-electron chi connectivity index (χ0n) is 13.3. The van der Waals surface area contributed by atoms with Crippen molar-refractivity contribution in [2.75, 3.05) is 32.7 Å². The smallest absolute Gasteiger partial charge is 0.423 e. The molecule has 22 heavy (non-hydrogen) atoms. The Morgan fingerprint density at radius 2 is 1.59 bits per heavy atom. The molecule has 0 saturated carbocycles. The molecule has 0 aliphatic carbocycles. The molecule has 1 aromatic carbocycles. The first-order valence-electron chi connectivity index (χ1n) is 7.47. The van der Waals surface area contributed by atoms with Crippen molar-refractivity contribution in [1.29, 1.82) is 0 Å². The predicted octanol–water partition coefficient (Wildman–Crippen LogP) is -0.691. The Bertz CT molecular complexity index is 617. The molecule has 0 unspecified atom stereocenters. The summed E-state index contributed by atoms with van der Waals surface area (Å²) in [6.07, 6.45) is 0. The molecule has 122 valence electrons. The van der Waals surface area contributed by atoms with Gasteiger partial charge >= 0.3 is 7.12 Å². The van der Waals surface area contributed by atoms with E-state index < -0.39 is 17.1 Å². The van der Waals surface area contributed by atoms with Crippen LogP contribution in [-0.2, 0) is 10.0 Å². The number of hydrogen-bond acceptors (Lipinski definition) is 5. The van der Waals surface area contributed by atoms with Crippen LogP contribution in [-0.4, -0.2) is 67.5 Å². The van der Waals surface area contributed by atoms with Gasteiger partial charge in [0.05, 0.1) is 4.90 Å². The lowest BCUT2D eigenvalue weighted by atomic mass is 9.79. The number of piperazine rings is 1. The van der Waals surface area contributed by atoms with Gasteiger partial charge in [-0.2, -0.15) is 4.31 Å². The minimum absolute atomic E-state index is 0.279. The van der Waals surface area contributed by atoms with Crippen LogP contribution in [0.1, 0.15) is 18.1 Å². The molecule has 0 radical (unpaired) electrons. The van der Waals surface area contributed by atoms with Crippen LogP contribution in [0.2, 0.25) is 0 Å². The summed E-state index contributed by atoms with van der Waals surface area (Å²) in [5.74, 6) is 0. The van der Waals surface area contributed by atoms with Crippen LogP contribution in [0.5, 0.6) is 0 Å². The molecule has 1 heterocycles. The van der Waals surface area contributed by atoms with Gasteiger partial charge in [-0.15, -0.1) is 0 Å². The lowest BCUT2D eigenvalue weighted by molar-refractivity contribution is 0.196. The number of benzene rings is 1. The van der Waals surface area contributed by atoms with Crippen LogP contribution in [0.4, 0.5) is 0 Å². The summed E-state index contributed by atoms with van der Waals surface area (Å²) >= 11 is 0. The number of hydrogen-bond donors (Lipinski definition) is 2. The number of sulfonamides is 1. The number of rotatable bonds is 4. The van der Waals surface area contributed by atoms with Gasteiger partial charge in [0.1, 0.15) is 0 Å². The van der Waals surface area contributed by atoms with Crippen LogP contribution in [0, 0.1) is 13.8 Å². The number of likely N-dealkylation sites (N-methyl/N-ethyl adjacent to an activating group) is 1. The fourth-order valence-electron chi connectivity index (χ4n) is 2.95. The van der Waals surface area contributed by atoms with Gasteiger partial charge in [-0.05, 0) is 37.0 Å². The van der Waals surface area contributed by atoms with E-state index in [1.54, 1.807) is 13.8 Å². The third kappa shape index (κ3) is 3.36. The minimum Gasteiger partial charge on any atom is -0.423 e. The van der Waals surface area contributed by atoms with Gasteiger partial charge < -0.3 is 14.9 Å². The molecule has 6 nitrogen and oxygen atoms in total. The highest BCUT2D eigenvalue weighted by molar-refractivity contribution is 7.89. The maximum absolute atomic E-state index is 12.9. The highest BCUT2D eigenvalue weighted by Crippen LogP contribution is 2.24. The Labute approximate surface area is 132 Å². The number of aryl methyl sites for hydroxylation is 2. The second-order valence-electron chi connectivity index (χ2n) is 5.70. The van der Waals surface area contributed by atoms with Crippen molar-refractivity contribution in [2.24, 2.45) is 0 Å². The van der Waals surface area contributed by atoms with E-state index in [1.807, 2.05) is 0 Å². The quantitative estimate of drug-likeness (QED) is 0.716. The van der Waals surface area contributed by atoms with E-state index in [1.165, 1.54) is 16.4 Å². The first-order valence-corrected chi connectivity index (χ1v) is 8.91. The van der Waals surface area contributed by atoms with Gasteiger partial charge in [0, 0.05) is 26.2 Å². The molecule has 1 aliphatic rings. The summed E-state index contributed by atoms with van der Waals surface area (Å²) in [5.41, 5.74) is 1.40. The van der Waals surface area contributed by atoms with Gasteiger partial charge in [0.2, 0.25) is 10.0 Å². The second kappa shape index (κ2) is 6.68. The zero-order valence-corrected chi connectivity index (χ0v) is 14.1. The van der Waals surface area contributed by atoms with Gasteiger partial charge in [0.25, 0.3) is 0 Å². The highest BCUT2D eigenvalue weighted by atomic mass is 32.2. The molecule has 1 fully saturated rings. The summed E-state index contributed by atoms with van der Waals surface area (Å²) in [6, 6.07) is 3.04. The van der Waals surface area contributed by atoms with E-state index >= 15 is 0 Å². The molecule has 2 rings (SSSR count). The minimum atomic E-state index is -3.55. The van der Waals surface area contributed by atoms with Crippen molar-refractivity contribution in [2.45, 2.75) is 25.7 Å². The Hall–Kier alpha value is -0.925. The normalized spacial score (nSPS) is 17.7. The zero-order chi connectivity index (χ0) is 16.5. The highest BCUT2D eigenvalue weighted by Gasteiger charge is 2.31. The monoisotopic (exact) mass is 326 g/mol. The van der Waals surface area contributed by atoms with E-state index in [4.69, 9.17) is 0 Å². The molecular weight excluding hydrogens is 303 g/mol. The maximum atomic E-state index is 12.9. The molecule has 0 bridgehead atoms. The van der Waals surface area contributed by atoms with Gasteiger partial charge in [-0.3, -0.25) is 0 Å². The van der Waals surface area contributed by atoms with E-state index in [0.717, 1.165) is 19.6 Å². The van der Waals surface area contributed by atoms with Crippen molar-refractivity contribution in [3.63, 3.8) is 0 Å². The van der Waals surface area contributed by atoms with E-state index in [9.17, 15) is 18.5 Å². The average Bonchev–Trinajstić information content (AvgIpc) is 2.46. The standard InChI is InChI=1S/C14H23BN2O4S/c1-4-16-5-7-17(8-6-16)22(20,21)14-11(2)9-13(15(18)19)10-12(14)3/h9-10,18-19H,4-8H2,1-3H3. The summed E-state index contributed by atoms with van der Waals surface area (Å²) in [7, 11) is -5.15. The summed E-state index contributed by atoms with van der Waals surface area (Å²) in [6.45, 7) is 8.82. The molecule has 0 spiro atoms. The van der Waals surface area contributed by atoms with Crippen LogP contribution in [0.3, 0.4) is 0 Å². The topological polar surface area (TPSA) is 81.1 Å². The molecular formula is C14H23BN2O4S. The van der Waals surface area contributed by atoms with E-state index in [2.05, 4.69) is 11.8 Å². The lowest BCUT2D eigenvalue weighted by Crippen LogP contribution is -2.48. The predicted molar refractivity (Wildman–Crippen MR) is 86.6 cm³/mol. The fraction of sp³-hybridized carbons (Fsp3) is 0.571. The maximum Gasteiger partial charge on any atom is 0.488 e. The van der Waals surface area contributed by atoms with Gasteiger partial charge in [0.15, 0.2) is 0 Å². The van der Waals surface area contributed by atoms with Gasteiger partial charge in [-0.1, -0.05) is 19.1 Å². The second-order valence-corrected chi connectivity index (χ2v) is 7.57. The van der Waals surface area contributed by atoms with Crippen molar-refractivity contribution in [3.05, 3.63) is 23.3 Å². The summed E-state index contributed by atoms with van der Waals surface area (Å²) < 4.78 is 27.3. The largest absolute Gasteiger partial charge is 0.488 e. The molecule has 0 aromatic heterocycles. The summed E-state index contributed by atoms with van der Waals surface area (Å²) in [5, 5.41) is 18.5. The Balaban J connectivity index is 2.34. The molecule has 0 atom stereocenters. The molecule has 1 saturated heterocycles. The van der Waals surface area contributed by atoms with Crippen LogP contribution in [0.25, 0.3) is 0 Å². The third-order valence-corrected chi connectivity index (χ3v) is 6.36. The lowest BCUT2D eigenvalue weighted by Gasteiger charge is -2.33. The van der Waals surface area contributed by atoms with Crippen LogP contribution < -0.4 is 5.46 Å². The molecule has 8 heteroatoms. The van der Waals surface area contributed by atoms with Gasteiger partial charge in [-0.25, -0.2) is 8.42 Å². The Morgan fingerprint density at radius 3 is 2.00 bits per heavy atom. The first-order chi connectivity index (χ1) is 10.3. The van der Waals surface area contributed by atoms with Crippen molar-refractivity contribution in [1.82, 2.24) is 9.21 Å². The summed E-state index contributed by atoms with van der Waals surface area (Å²) in [4.78, 5) is 2.50. The molecule has 0 amide bonds. The number of nitrogens with zero attached hydrogens (tertiary/aromatic N) is 2. The first kappa shape index (κ1) is 17.4. The SMILES string of the molecule is CCN1CCN(S(=O)(=O)c2c(C)cc(B(O)O)cc2C)CC1. The van der Waals surface area contributed by atoms with E-state index in [0.29, 0.717) is 29.7 Å². The van der Waals surface area contributed by atoms with Crippen LogP contribution in [0.15, 0.2) is 17.0 Å².